The van der Waals surface area contributed by atoms with E-state index in [2.05, 4.69) is 0 Å². The summed E-state index contributed by atoms with van der Waals surface area (Å²) in [6, 6.07) is 8.85. The largest absolute Gasteiger partial charge is 0.327 e. The van der Waals surface area contributed by atoms with Gasteiger partial charge in [0.25, 0.3) is 0 Å². The van der Waals surface area contributed by atoms with Gasteiger partial charge in [0.05, 0.1) is 0 Å². The molecule has 2 atom stereocenters. The molecule has 106 valence electrons. The summed E-state index contributed by atoms with van der Waals surface area (Å²) in [6.07, 6.45) is 0. The van der Waals surface area contributed by atoms with Crippen molar-refractivity contribution in [2.45, 2.75) is 23.1 Å². The summed E-state index contributed by atoms with van der Waals surface area (Å²) in [5.74, 6) is -1.35. The molecule has 0 fully saturated rings. The highest BCUT2D eigenvalue weighted by Gasteiger charge is 2.20. The lowest BCUT2D eigenvalue weighted by atomic mass is 10.1. The SMILES string of the molecule is CC(N)C(Sc1cc(F)ccc1F)c1ccc(F)cc1. The van der Waals surface area contributed by atoms with E-state index in [1.165, 1.54) is 12.1 Å². The van der Waals surface area contributed by atoms with Gasteiger partial charge in [-0.2, -0.15) is 0 Å². The van der Waals surface area contributed by atoms with Gasteiger partial charge in [0.15, 0.2) is 0 Å². The lowest BCUT2D eigenvalue weighted by Crippen LogP contribution is -2.22. The van der Waals surface area contributed by atoms with Gasteiger partial charge in [-0.3, -0.25) is 0 Å². The molecule has 0 aromatic heterocycles. The second-order valence-electron chi connectivity index (χ2n) is 4.52. The Bertz CT molecular complexity index is 584. The van der Waals surface area contributed by atoms with Crippen LogP contribution in [0.4, 0.5) is 13.2 Å². The number of rotatable bonds is 4. The van der Waals surface area contributed by atoms with Crippen LogP contribution in [0.5, 0.6) is 0 Å². The van der Waals surface area contributed by atoms with E-state index in [0.717, 1.165) is 35.5 Å². The van der Waals surface area contributed by atoms with Gasteiger partial charge in [0.2, 0.25) is 0 Å². The predicted octanol–water partition coefficient (Wildman–Crippen LogP) is 4.28. The minimum atomic E-state index is -0.503. The number of thioether (sulfide) groups is 1. The Morgan fingerprint density at radius 2 is 1.55 bits per heavy atom. The molecule has 5 heteroatoms. The zero-order chi connectivity index (χ0) is 14.7. The van der Waals surface area contributed by atoms with Gasteiger partial charge in [-0.15, -0.1) is 11.8 Å². The van der Waals surface area contributed by atoms with Crippen LogP contribution in [0, 0.1) is 17.5 Å². The van der Waals surface area contributed by atoms with Gasteiger partial charge in [-0.25, -0.2) is 13.2 Å². The second kappa shape index (κ2) is 6.33. The summed E-state index contributed by atoms with van der Waals surface area (Å²) in [7, 11) is 0. The molecule has 0 bridgehead atoms. The van der Waals surface area contributed by atoms with Gasteiger partial charge in [0, 0.05) is 16.2 Å². The predicted molar refractivity (Wildman–Crippen MR) is 75.0 cm³/mol. The first kappa shape index (κ1) is 14.9. The molecule has 2 unspecified atom stereocenters. The Kier molecular flexibility index (Phi) is 4.73. The summed E-state index contributed by atoms with van der Waals surface area (Å²) in [6.45, 7) is 1.78. The summed E-state index contributed by atoms with van der Waals surface area (Å²) in [4.78, 5) is 0.191. The van der Waals surface area contributed by atoms with E-state index < -0.39 is 11.6 Å². The van der Waals surface area contributed by atoms with E-state index in [9.17, 15) is 13.2 Å². The van der Waals surface area contributed by atoms with Gasteiger partial charge < -0.3 is 5.73 Å². The quantitative estimate of drug-likeness (QED) is 0.852. The Balaban J connectivity index is 2.30. The minimum absolute atomic E-state index is 0.191. The molecule has 2 rings (SSSR count). The minimum Gasteiger partial charge on any atom is -0.327 e. The highest BCUT2D eigenvalue weighted by Crippen LogP contribution is 2.38. The fourth-order valence-electron chi connectivity index (χ4n) is 1.84. The van der Waals surface area contributed by atoms with Crippen molar-refractivity contribution in [3.05, 3.63) is 65.5 Å². The number of nitrogens with two attached hydrogens (primary N) is 1. The molecule has 0 aliphatic rings. The molecule has 2 aromatic carbocycles. The molecule has 0 saturated heterocycles. The van der Waals surface area contributed by atoms with Crippen molar-refractivity contribution in [3.63, 3.8) is 0 Å². The van der Waals surface area contributed by atoms with Crippen LogP contribution in [0.3, 0.4) is 0 Å². The fraction of sp³-hybridized carbons (Fsp3) is 0.200. The molecule has 0 radical (unpaired) electrons. The Hall–Kier alpha value is -1.46. The van der Waals surface area contributed by atoms with Gasteiger partial charge in [0.1, 0.15) is 17.5 Å². The summed E-state index contributed by atoms with van der Waals surface area (Å²) >= 11 is 1.13. The molecule has 0 heterocycles. The van der Waals surface area contributed by atoms with E-state index in [-0.39, 0.29) is 22.0 Å². The third-order valence-electron chi connectivity index (χ3n) is 2.82. The van der Waals surface area contributed by atoms with Crippen LogP contribution in [0.2, 0.25) is 0 Å². The highest BCUT2D eigenvalue weighted by molar-refractivity contribution is 7.99. The summed E-state index contributed by atoms with van der Waals surface area (Å²) in [5.41, 5.74) is 6.69. The average Bonchev–Trinajstić information content (AvgIpc) is 2.40. The topological polar surface area (TPSA) is 26.0 Å². The summed E-state index contributed by atoms with van der Waals surface area (Å²) < 4.78 is 39.8. The zero-order valence-corrected chi connectivity index (χ0v) is 11.6. The lowest BCUT2D eigenvalue weighted by Gasteiger charge is -2.21. The first-order valence-corrected chi connectivity index (χ1v) is 6.98. The van der Waals surface area contributed by atoms with Crippen LogP contribution in [0.1, 0.15) is 17.7 Å². The maximum atomic E-state index is 13.7. The molecule has 0 saturated carbocycles. The number of benzene rings is 2. The smallest absolute Gasteiger partial charge is 0.136 e. The number of halogens is 3. The normalized spacial score (nSPS) is 14.1. The maximum Gasteiger partial charge on any atom is 0.136 e. The number of hydrogen-bond acceptors (Lipinski definition) is 2. The monoisotopic (exact) mass is 297 g/mol. The van der Waals surface area contributed by atoms with E-state index in [0.29, 0.717) is 0 Å². The van der Waals surface area contributed by atoms with Crippen molar-refractivity contribution in [2.75, 3.05) is 0 Å². The van der Waals surface area contributed by atoms with Crippen LogP contribution in [0.25, 0.3) is 0 Å². The van der Waals surface area contributed by atoms with Crippen LogP contribution >= 0.6 is 11.8 Å². The molecule has 20 heavy (non-hydrogen) atoms. The van der Waals surface area contributed by atoms with E-state index in [4.69, 9.17) is 5.73 Å². The van der Waals surface area contributed by atoms with Crippen molar-refractivity contribution in [1.82, 2.24) is 0 Å². The average molecular weight is 297 g/mol. The molecule has 0 aliphatic heterocycles. The highest BCUT2D eigenvalue weighted by atomic mass is 32.2. The van der Waals surface area contributed by atoms with Crippen LogP contribution < -0.4 is 5.73 Å². The number of hydrogen-bond donors (Lipinski definition) is 1. The van der Waals surface area contributed by atoms with Gasteiger partial charge >= 0.3 is 0 Å². The molecule has 2 aromatic rings. The summed E-state index contributed by atoms with van der Waals surface area (Å²) in [5, 5.41) is -0.285. The van der Waals surface area contributed by atoms with Crippen molar-refractivity contribution >= 4 is 11.8 Å². The molecule has 0 spiro atoms. The van der Waals surface area contributed by atoms with Crippen molar-refractivity contribution in [3.8, 4) is 0 Å². The van der Waals surface area contributed by atoms with E-state index in [1.54, 1.807) is 19.1 Å². The molecular formula is C15H14F3NS. The second-order valence-corrected chi connectivity index (χ2v) is 5.71. The molecule has 2 N–H and O–H groups in total. The molecular weight excluding hydrogens is 283 g/mol. The Labute approximate surface area is 120 Å². The Morgan fingerprint density at radius 3 is 2.15 bits per heavy atom. The van der Waals surface area contributed by atoms with Crippen LogP contribution in [-0.4, -0.2) is 6.04 Å². The first-order chi connectivity index (χ1) is 9.47. The van der Waals surface area contributed by atoms with E-state index in [1.807, 2.05) is 0 Å². The molecule has 0 amide bonds. The van der Waals surface area contributed by atoms with Crippen molar-refractivity contribution in [2.24, 2.45) is 5.73 Å². The first-order valence-electron chi connectivity index (χ1n) is 6.10. The van der Waals surface area contributed by atoms with Gasteiger partial charge in [-0.05, 0) is 42.8 Å². The van der Waals surface area contributed by atoms with Crippen molar-refractivity contribution < 1.29 is 13.2 Å². The maximum absolute atomic E-state index is 13.7. The van der Waals surface area contributed by atoms with Crippen molar-refractivity contribution in [1.29, 1.82) is 0 Å². The van der Waals surface area contributed by atoms with Crippen LogP contribution in [-0.2, 0) is 0 Å². The third-order valence-corrected chi connectivity index (χ3v) is 4.35. The Morgan fingerprint density at radius 1 is 0.950 bits per heavy atom. The third kappa shape index (κ3) is 3.55. The van der Waals surface area contributed by atoms with Gasteiger partial charge in [-0.1, -0.05) is 12.1 Å². The standard InChI is InChI=1S/C15H14F3NS/c1-9(19)15(10-2-4-11(16)5-3-10)20-14-8-12(17)6-7-13(14)18/h2-9,15H,19H2,1H3. The zero-order valence-electron chi connectivity index (χ0n) is 10.8. The fourth-order valence-corrected chi connectivity index (χ4v) is 2.98. The van der Waals surface area contributed by atoms with Crippen LogP contribution in [0.15, 0.2) is 47.4 Å². The van der Waals surface area contributed by atoms with E-state index >= 15 is 0 Å². The molecule has 1 nitrogen and oxygen atoms in total. The lowest BCUT2D eigenvalue weighted by molar-refractivity contribution is 0.576. The molecule has 0 aliphatic carbocycles.